The van der Waals surface area contributed by atoms with Crippen LogP contribution in [0.5, 0.6) is 0 Å². The molecule has 0 aromatic carbocycles. The topological polar surface area (TPSA) is 9.23 Å². The fraction of sp³-hybridized carbons (Fsp3) is 1.00. The first-order valence-corrected chi connectivity index (χ1v) is 12.0. The zero-order valence-electron chi connectivity index (χ0n) is 23.4. The molecule has 0 radical (unpaired) electrons. The molecule has 0 aliphatic carbocycles. The molecule has 29 heavy (non-hydrogen) atoms. The minimum absolute atomic E-state index is 0.138. The molecular formula is C28H58O. The maximum absolute atomic E-state index is 7.22. The summed E-state index contributed by atoms with van der Waals surface area (Å²) in [4.78, 5) is 0. The number of ether oxygens (including phenoxy) is 1. The summed E-state index contributed by atoms with van der Waals surface area (Å²) in [5, 5.41) is 0. The van der Waals surface area contributed by atoms with Gasteiger partial charge in [-0.25, -0.2) is 0 Å². The van der Waals surface area contributed by atoms with Crippen LogP contribution < -0.4 is 0 Å². The molecule has 0 saturated carbocycles. The zero-order valence-corrected chi connectivity index (χ0v) is 23.4. The van der Waals surface area contributed by atoms with E-state index in [9.17, 15) is 0 Å². The van der Waals surface area contributed by atoms with Crippen molar-refractivity contribution in [2.24, 2.45) is 32.5 Å². The van der Waals surface area contributed by atoms with Gasteiger partial charge in [-0.05, 0) is 58.2 Å². The van der Waals surface area contributed by atoms with Crippen LogP contribution in [0.2, 0.25) is 0 Å². The van der Waals surface area contributed by atoms with Crippen molar-refractivity contribution in [1.29, 1.82) is 0 Å². The molecule has 0 saturated heterocycles. The van der Waals surface area contributed by atoms with Gasteiger partial charge in [0, 0.05) is 0 Å². The summed E-state index contributed by atoms with van der Waals surface area (Å²) in [5.74, 6) is 0. The Morgan fingerprint density at radius 1 is 0.414 bits per heavy atom. The highest BCUT2D eigenvalue weighted by Gasteiger charge is 2.43. The molecule has 176 valence electrons. The predicted octanol–water partition coefficient (Wildman–Crippen LogP) is 9.54. The van der Waals surface area contributed by atoms with Crippen LogP contribution in [-0.2, 0) is 4.74 Å². The molecule has 0 aromatic rings. The van der Waals surface area contributed by atoms with Gasteiger partial charge in [0.2, 0.25) is 0 Å². The van der Waals surface area contributed by atoms with Crippen molar-refractivity contribution >= 4 is 0 Å². The molecule has 2 unspecified atom stereocenters. The Balaban J connectivity index is 6.03. The third kappa shape index (κ3) is 13.1. The lowest BCUT2D eigenvalue weighted by atomic mass is 9.67. The van der Waals surface area contributed by atoms with Gasteiger partial charge in [0.05, 0.1) is 12.2 Å². The van der Waals surface area contributed by atoms with E-state index < -0.39 is 0 Å². The van der Waals surface area contributed by atoms with Gasteiger partial charge in [0.15, 0.2) is 0 Å². The first kappa shape index (κ1) is 29.0. The van der Waals surface area contributed by atoms with Crippen molar-refractivity contribution in [1.82, 2.24) is 0 Å². The Hall–Kier alpha value is -0.0400. The largest absolute Gasteiger partial charge is 0.374 e. The zero-order chi connectivity index (χ0) is 23.7. The standard InChI is InChI=1S/C28H58O/c1-23(2,3)17-21(27(13,14)19-25(7,8)9)29-22(18-24(4,5)6)28(15,16)20-26(10,11)12/h21-22H,17-20H2,1-16H3. The highest BCUT2D eigenvalue weighted by Crippen LogP contribution is 2.46. The molecular weight excluding hydrogens is 352 g/mol. The smallest absolute Gasteiger partial charge is 0.0635 e. The van der Waals surface area contributed by atoms with Crippen molar-refractivity contribution in [3.8, 4) is 0 Å². The summed E-state index contributed by atoms with van der Waals surface area (Å²) in [5.41, 5.74) is 1.37. The lowest BCUT2D eigenvalue weighted by Crippen LogP contribution is -2.46. The van der Waals surface area contributed by atoms with Gasteiger partial charge in [-0.15, -0.1) is 0 Å². The highest BCUT2D eigenvalue weighted by molar-refractivity contribution is 4.92. The molecule has 0 aliphatic heterocycles. The molecule has 2 atom stereocenters. The molecule has 0 rings (SSSR count). The van der Waals surface area contributed by atoms with Gasteiger partial charge in [0.25, 0.3) is 0 Å². The molecule has 0 bridgehead atoms. The van der Waals surface area contributed by atoms with E-state index in [1.165, 1.54) is 12.8 Å². The maximum Gasteiger partial charge on any atom is 0.0635 e. The summed E-state index contributed by atoms with van der Waals surface area (Å²) in [7, 11) is 0. The molecule has 0 amide bonds. The minimum Gasteiger partial charge on any atom is -0.374 e. The summed E-state index contributed by atoms with van der Waals surface area (Å²) in [6.07, 6.45) is 5.05. The van der Waals surface area contributed by atoms with Gasteiger partial charge in [-0.2, -0.15) is 0 Å². The Morgan fingerprint density at radius 2 is 0.655 bits per heavy atom. The van der Waals surface area contributed by atoms with E-state index in [2.05, 4.69) is 111 Å². The molecule has 0 aromatic heterocycles. The second kappa shape index (κ2) is 9.22. The Labute approximate surface area is 186 Å². The van der Waals surface area contributed by atoms with Crippen molar-refractivity contribution in [2.75, 3.05) is 0 Å². The van der Waals surface area contributed by atoms with Gasteiger partial charge < -0.3 is 4.74 Å². The average Bonchev–Trinajstić information content (AvgIpc) is 2.27. The first-order valence-electron chi connectivity index (χ1n) is 12.0. The van der Waals surface area contributed by atoms with Crippen LogP contribution >= 0.6 is 0 Å². The lowest BCUT2D eigenvalue weighted by Gasteiger charge is -2.48. The number of rotatable bonds is 8. The maximum atomic E-state index is 7.22. The van der Waals surface area contributed by atoms with Gasteiger partial charge in [-0.1, -0.05) is 111 Å². The van der Waals surface area contributed by atoms with E-state index in [0.717, 1.165) is 12.8 Å². The van der Waals surface area contributed by atoms with E-state index in [-0.39, 0.29) is 33.9 Å². The molecule has 1 nitrogen and oxygen atoms in total. The van der Waals surface area contributed by atoms with Crippen LogP contribution in [0.4, 0.5) is 0 Å². The van der Waals surface area contributed by atoms with Gasteiger partial charge in [-0.3, -0.25) is 0 Å². The van der Waals surface area contributed by atoms with Crippen molar-refractivity contribution in [2.45, 2.75) is 149 Å². The average molecular weight is 411 g/mol. The van der Waals surface area contributed by atoms with Crippen molar-refractivity contribution in [3.05, 3.63) is 0 Å². The number of hydrogen-bond acceptors (Lipinski definition) is 1. The summed E-state index contributed by atoms with van der Waals surface area (Å²) in [6, 6.07) is 0. The minimum atomic E-state index is 0.138. The highest BCUT2D eigenvalue weighted by atomic mass is 16.5. The van der Waals surface area contributed by atoms with Crippen LogP contribution in [0, 0.1) is 32.5 Å². The second-order valence-electron chi connectivity index (χ2n) is 16.1. The predicted molar refractivity (Wildman–Crippen MR) is 133 cm³/mol. The van der Waals surface area contributed by atoms with E-state index in [0.29, 0.717) is 10.8 Å². The van der Waals surface area contributed by atoms with Crippen LogP contribution in [-0.4, -0.2) is 12.2 Å². The Kier molecular flexibility index (Phi) is 9.20. The number of hydrogen-bond donors (Lipinski definition) is 0. The molecule has 0 heterocycles. The normalized spacial score (nSPS) is 17.4. The Morgan fingerprint density at radius 3 is 0.828 bits per heavy atom. The first-order chi connectivity index (χ1) is 12.3. The van der Waals surface area contributed by atoms with E-state index in [4.69, 9.17) is 4.74 Å². The van der Waals surface area contributed by atoms with E-state index >= 15 is 0 Å². The van der Waals surface area contributed by atoms with Crippen LogP contribution in [0.25, 0.3) is 0 Å². The van der Waals surface area contributed by atoms with E-state index in [1.807, 2.05) is 0 Å². The molecule has 0 aliphatic rings. The molecule has 1 heteroatoms. The van der Waals surface area contributed by atoms with Crippen molar-refractivity contribution < 1.29 is 4.74 Å². The van der Waals surface area contributed by atoms with Crippen LogP contribution in [0.15, 0.2) is 0 Å². The fourth-order valence-electron chi connectivity index (χ4n) is 5.29. The summed E-state index contributed by atoms with van der Waals surface area (Å²) < 4.78 is 7.22. The Bertz CT molecular complexity index is 436. The molecule has 0 N–H and O–H groups in total. The van der Waals surface area contributed by atoms with Crippen molar-refractivity contribution in [3.63, 3.8) is 0 Å². The molecule has 0 spiro atoms. The summed E-state index contributed by atoms with van der Waals surface area (Å²) >= 11 is 0. The third-order valence-electron chi connectivity index (χ3n) is 5.64. The quantitative estimate of drug-likeness (QED) is 0.387. The second-order valence-corrected chi connectivity index (χ2v) is 16.1. The van der Waals surface area contributed by atoms with E-state index in [1.54, 1.807) is 0 Å². The monoisotopic (exact) mass is 410 g/mol. The van der Waals surface area contributed by atoms with Gasteiger partial charge in [0.1, 0.15) is 0 Å². The van der Waals surface area contributed by atoms with Crippen LogP contribution in [0.3, 0.4) is 0 Å². The van der Waals surface area contributed by atoms with Crippen LogP contribution in [0.1, 0.15) is 136 Å². The third-order valence-corrected chi connectivity index (χ3v) is 5.64. The summed E-state index contributed by atoms with van der Waals surface area (Å²) in [6.45, 7) is 38.0. The SMILES string of the molecule is CC(C)(C)CC(OC(CC(C)(C)C)C(C)(C)CC(C)(C)C)C(C)(C)CC(C)(C)C. The molecule has 0 fully saturated rings. The fourth-order valence-corrected chi connectivity index (χ4v) is 5.29. The van der Waals surface area contributed by atoms with Gasteiger partial charge >= 0.3 is 0 Å². The lowest BCUT2D eigenvalue weighted by molar-refractivity contribution is -0.150.